The van der Waals surface area contributed by atoms with Crippen LogP contribution in [0.25, 0.3) is 0 Å². The molecular weight excluding hydrogens is 542 g/mol. The first-order chi connectivity index (χ1) is 20.5. The zero-order chi connectivity index (χ0) is 30.7. The number of amides is 1. The molecule has 6 aliphatic carbocycles. The zero-order valence-electron chi connectivity index (χ0n) is 26.3. The van der Waals surface area contributed by atoms with Gasteiger partial charge in [0.2, 0.25) is 0 Å². The first kappa shape index (κ1) is 30.5. The molecule has 2 spiro atoms. The van der Waals surface area contributed by atoms with E-state index in [2.05, 4.69) is 32.1 Å². The molecule has 1 aromatic rings. The summed E-state index contributed by atoms with van der Waals surface area (Å²) in [6.07, 6.45) is 12.2. The second kappa shape index (κ2) is 10.8. The Morgan fingerprint density at radius 2 is 1.70 bits per heavy atom. The van der Waals surface area contributed by atoms with Crippen molar-refractivity contribution >= 4 is 11.9 Å². The summed E-state index contributed by atoms with van der Waals surface area (Å²) in [4.78, 5) is 29.3. The predicted molar refractivity (Wildman–Crippen MR) is 164 cm³/mol. The molecular formula is C36H49NO6. The number of carbonyl (C=O) groups is 2. The fourth-order valence-corrected chi connectivity index (χ4v) is 10.5. The Hall–Kier alpha value is -2.48. The standard InChI is InChI=1S/C36H49NO6/c1-5-43-31(40)37(20-9-21-42-4)24-35(41)17-14-29-33(35,3)16-13-28-32(2)15-12-26(38)22-34(32)18-19-36(28,29)27(23-34)30(39)25-10-7-6-8-11-25/h6-8,10-11,18-19,23,26,28-29,38,41H,5,9,12-17,20-22,24H2,1-4H3. The number of hydrogen-bond acceptors (Lipinski definition) is 6. The number of rotatable bonds is 9. The molecule has 7 rings (SSSR count). The van der Waals surface area contributed by atoms with Crippen molar-refractivity contribution in [2.45, 2.75) is 83.8 Å². The van der Waals surface area contributed by atoms with Crippen molar-refractivity contribution in [3.05, 3.63) is 59.7 Å². The molecule has 0 radical (unpaired) electrons. The van der Waals surface area contributed by atoms with Crippen LogP contribution in [0.1, 0.15) is 82.5 Å². The molecule has 6 aliphatic rings. The molecule has 0 aliphatic heterocycles. The summed E-state index contributed by atoms with van der Waals surface area (Å²) in [5.74, 6) is 0.321. The van der Waals surface area contributed by atoms with Gasteiger partial charge in [-0.3, -0.25) is 4.79 Å². The first-order valence-electron chi connectivity index (χ1n) is 16.3. The monoisotopic (exact) mass is 591 g/mol. The highest BCUT2D eigenvalue weighted by Gasteiger charge is 2.74. The van der Waals surface area contributed by atoms with Gasteiger partial charge >= 0.3 is 6.09 Å². The second-order valence-corrected chi connectivity index (χ2v) is 14.5. The van der Waals surface area contributed by atoms with Gasteiger partial charge in [0.25, 0.3) is 0 Å². The van der Waals surface area contributed by atoms with Crippen molar-refractivity contribution in [3.63, 3.8) is 0 Å². The third-order valence-corrected chi connectivity index (χ3v) is 12.7. The van der Waals surface area contributed by atoms with Crippen LogP contribution in [0.3, 0.4) is 0 Å². The van der Waals surface area contributed by atoms with Crippen LogP contribution in [0, 0.1) is 33.5 Å². The number of aliphatic hydroxyl groups is 2. The Morgan fingerprint density at radius 1 is 1.00 bits per heavy atom. The molecule has 0 saturated heterocycles. The van der Waals surface area contributed by atoms with Gasteiger partial charge in [-0.1, -0.05) is 62.4 Å². The average Bonchev–Trinajstić information content (AvgIpc) is 3.27. The van der Waals surface area contributed by atoms with E-state index in [-0.39, 0.29) is 47.7 Å². The summed E-state index contributed by atoms with van der Waals surface area (Å²) >= 11 is 0. The van der Waals surface area contributed by atoms with E-state index in [0.717, 1.165) is 37.7 Å². The highest BCUT2D eigenvalue weighted by atomic mass is 16.6. The lowest BCUT2D eigenvalue weighted by Gasteiger charge is -2.71. The molecule has 0 heterocycles. The van der Waals surface area contributed by atoms with E-state index < -0.39 is 22.5 Å². The van der Waals surface area contributed by atoms with Gasteiger partial charge in [0.1, 0.15) is 0 Å². The van der Waals surface area contributed by atoms with Crippen molar-refractivity contribution < 1.29 is 29.3 Å². The molecule has 0 aromatic heterocycles. The van der Waals surface area contributed by atoms with Crippen molar-refractivity contribution in [1.29, 1.82) is 0 Å². The van der Waals surface area contributed by atoms with Gasteiger partial charge in [-0.15, -0.1) is 0 Å². The number of fused-ring (bicyclic) bond motifs is 1. The normalized spacial score (nSPS) is 40.7. The minimum Gasteiger partial charge on any atom is -0.450 e. The minimum atomic E-state index is -1.12. The van der Waals surface area contributed by atoms with Gasteiger partial charge in [-0.05, 0) is 75.5 Å². The van der Waals surface area contributed by atoms with E-state index >= 15 is 0 Å². The fraction of sp³-hybridized carbons (Fsp3) is 0.667. The molecule has 2 N–H and O–H groups in total. The smallest absolute Gasteiger partial charge is 0.409 e. The molecule has 7 heteroatoms. The Balaban J connectivity index is 1.43. The molecule has 43 heavy (non-hydrogen) atoms. The van der Waals surface area contributed by atoms with E-state index in [1.165, 1.54) is 0 Å². The highest BCUT2D eigenvalue weighted by molar-refractivity contribution is 6.10. The molecule has 234 valence electrons. The topological polar surface area (TPSA) is 96.3 Å². The van der Waals surface area contributed by atoms with E-state index in [4.69, 9.17) is 9.47 Å². The lowest BCUT2D eigenvalue weighted by atomic mass is 9.32. The molecule has 2 bridgehead atoms. The van der Waals surface area contributed by atoms with Crippen molar-refractivity contribution in [1.82, 2.24) is 4.90 Å². The molecule has 1 amide bonds. The summed E-state index contributed by atoms with van der Waals surface area (Å²) < 4.78 is 10.7. The maximum atomic E-state index is 14.5. The summed E-state index contributed by atoms with van der Waals surface area (Å²) in [5.41, 5.74) is -1.07. The number of ketones is 1. The maximum Gasteiger partial charge on any atom is 0.409 e. The van der Waals surface area contributed by atoms with Gasteiger partial charge in [0, 0.05) is 47.6 Å². The van der Waals surface area contributed by atoms with Crippen molar-refractivity contribution in [2.75, 3.05) is 33.4 Å². The molecule has 8 unspecified atom stereocenters. The van der Waals surface area contributed by atoms with E-state index in [0.29, 0.717) is 38.0 Å². The van der Waals surface area contributed by atoms with Crippen molar-refractivity contribution in [2.24, 2.45) is 33.5 Å². The van der Waals surface area contributed by atoms with Crippen LogP contribution in [0.5, 0.6) is 0 Å². The molecule has 3 saturated carbocycles. The Morgan fingerprint density at radius 3 is 2.42 bits per heavy atom. The number of nitrogens with zero attached hydrogens (tertiary/aromatic N) is 1. The minimum absolute atomic E-state index is 0.0314. The van der Waals surface area contributed by atoms with E-state index in [9.17, 15) is 19.8 Å². The molecule has 8 atom stereocenters. The Kier molecular flexibility index (Phi) is 7.71. The number of allylic oxidation sites excluding steroid dienone is 4. The molecule has 3 fully saturated rings. The van der Waals surface area contributed by atoms with Crippen LogP contribution >= 0.6 is 0 Å². The van der Waals surface area contributed by atoms with Crippen LogP contribution in [0.4, 0.5) is 4.79 Å². The quantitative estimate of drug-likeness (QED) is 0.209. The average molecular weight is 592 g/mol. The first-order valence-corrected chi connectivity index (χ1v) is 16.3. The van der Waals surface area contributed by atoms with Gasteiger partial charge in [0.15, 0.2) is 5.78 Å². The fourth-order valence-electron chi connectivity index (χ4n) is 10.5. The number of aliphatic hydroxyl groups excluding tert-OH is 1. The summed E-state index contributed by atoms with van der Waals surface area (Å²) in [6.45, 7) is 7.84. The second-order valence-electron chi connectivity index (χ2n) is 14.5. The number of carbonyl (C=O) groups excluding carboxylic acids is 2. The largest absolute Gasteiger partial charge is 0.450 e. The van der Waals surface area contributed by atoms with Crippen LogP contribution in [0.15, 0.2) is 54.1 Å². The summed E-state index contributed by atoms with van der Waals surface area (Å²) in [5, 5.41) is 23.5. The maximum absolute atomic E-state index is 14.5. The number of benzene rings is 1. The van der Waals surface area contributed by atoms with Gasteiger partial charge in [0.05, 0.1) is 24.9 Å². The third-order valence-electron chi connectivity index (χ3n) is 12.7. The third kappa shape index (κ3) is 4.32. The number of ether oxygens (including phenoxy) is 2. The zero-order valence-corrected chi connectivity index (χ0v) is 26.3. The van der Waals surface area contributed by atoms with Crippen LogP contribution < -0.4 is 0 Å². The van der Waals surface area contributed by atoms with Gasteiger partial charge < -0.3 is 24.6 Å². The number of hydrogen-bond donors (Lipinski definition) is 2. The Bertz CT molecular complexity index is 1310. The van der Waals surface area contributed by atoms with Crippen LogP contribution in [-0.4, -0.2) is 72.1 Å². The van der Waals surface area contributed by atoms with Gasteiger partial charge in [-0.25, -0.2) is 4.79 Å². The molecule has 7 nitrogen and oxygen atoms in total. The SMILES string of the molecule is CCOC(=O)N(CCCOC)CC1(O)CCC2C34C=CC5(C=C3C(=O)c3ccccc3)CC(O)CCC5(C)C4CCC21C. The van der Waals surface area contributed by atoms with Crippen molar-refractivity contribution in [3.8, 4) is 0 Å². The summed E-state index contributed by atoms with van der Waals surface area (Å²) in [6, 6.07) is 9.57. The van der Waals surface area contributed by atoms with E-state index in [1.54, 1.807) is 18.9 Å². The number of Topliss-reactive ketones (excluding diaryl/α,β-unsaturated/α-hetero) is 1. The predicted octanol–water partition coefficient (Wildman–Crippen LogP) is 5.96. The number of methoxy groups -OCH3 is 1. The Labute approximate surface area is 256 Å². The van der Waals surface area contributed by atoms with Crippen LogP contribution in [-0.2, 0) is 9.47 Å². The highest BCUT2D eigenvalue weighted by Crippen LogP contribution is 2.78. The van der Waals surface area contributed by atoms with Crippen LogP contribution in [0.2, 0.25) is 0 Å². The van der Waals surface area contributed by atoms with E-state index in [1.807, 2.05) is 30.3 Å². The van der Waals surface area contributed by atoms with Gasteiger partial charge in [-0.2, -0.15) is 0 Å². The lowest BCUT2D eigenvalue weighted by molar-refractivity contribution is -0.175. The molecule has 1 aromatic carbocycles. The summed E-state index contributed by atoms with van der Waals surface area (Å²) in [7, 11) is 1.65. The lowest BCUT2D eigenvalue weighted by Crippen LogP contribution is -2.67.